The average molecular weight is 282 g/mol. The van der Waals surface area contributed by atoms with Crippen molar-refractivity contribution in [3.05, 3.63) is 70.7 Å². The lowest BCUT2D eigenvalue weighted by Crippen LogP contribution is -2.30. The van der Waals surface area contributed by atoms with E-state index >= 15 is 0 Å². The number of rotatable bonds is 4. The number of nitrogens with one attached hydrogen (secondary N) is 1. The first-order chi connectivity index (χ1) is 10.2. The third kappa shape index (κ3) is 2.86. The van der Waals surface area contributed by atoms with Gasteiger partial charge in [0.1, 0.15) is 6.54 Å². The van der Waals surface area contributed by atoms with Crippen molar-refractivity contribution < 1.29 is 9.21 Å². The van der Waals surface area contributed by atoms with Gasteiger partial charge in [0.2, 0.25) is 5.91 Å². The third-order valence-corrected chi connectivity index (χ3v) is 3.21. The van der Waals surface area contributed by atoms with E-state index in [0.29, 0.717) is 17.6 Å². The number of carbonyl (C=O) groups is 1. The molecule has 0 unspecified atom stereocenters. The van der Waals surface area contributed by atoms with Crippen LogP contribution < -0.4 is 11.1 Å². The number of oxazole rings is 1. The van der Waals surface area contributed by atoms with Gasteiger partial charge in [0.05, 0.1) is 5.52 Å². The lowest BCUT2D eigenvalue weighted by Gasteiger charge is -2.05. The maximum absolute atomic E-state index is 12.0. The highest BCUT2D eigenvalue weighted by Crippen LogP contribution is 2.11. The van der Waals surface area contributed by atoms with Crippen molar-refractivity contribution in [2.24, 2.45) is 0 Å². The summed E-state index contributed by atoms with van der Waals surface area (Å²) < 4.78 is 6.42. The summed E-state index contributed by atoms with van der Waals surface area (Å²) in [5.74, 6) is -0.751. The first-order valence-electron chi connectivity index (χ1n) is 6.63. The van der Waals surface area contributed by atoms with Crippen molar-refractivity contribution in [1.82, 2.24) is 9.88 Å². The second-order valence-corrected chi connectivity index (χ2v) is 4.68. The summed E-state index contributed by atoms with van der Waals surface area (Å²) in [5, 5.41) is 2.79. The van der Waals surface area contributed by atoms with Gasteiger partial charge in [0.25, 0.3) is 0 Å². The van der Waals surface area contributed by atoms with E-state index < -0.39 is 5.76 Å². The number of para-hydroxylation sites is 2. The molecule has 106 valence electrons. The van der Waals surface area contributed by atoms with Crippen LogP contribution in [0.3, 0.4) is 0 Å². The van der Waals surface area contributed by atoms with Gasteiger partial charge in [0.15, 0.2) is 5.58 Å². The molecule has 0 saturated heterocycles. The normalized spacial score (nSPS) is 10.7. The second-order valence-electron chi connectivity index (χ2n) is 4.68. The molecular formula is C16H14N2O3. The van der Waals surface area contributed by atoms with Gasteiger partial charge in [-0.3, -0.25) is 9.36 Å². The largest absolute Gasteiger partial charge is 0.420 e. The quantitative estimate of drug-likeness (QED) is 0.795. The molecule has 0 spiro atoms. The summed E-state index contributed by atoms with van der Waals surface area (Å²) in [6.07, 6.45) is 0. The molecule has 0 aliphatic carbocycles. The summed E-state index contributed by atoms with van der Waals surface area (Å²) in [6, 6.07) is 16.6. The molecule has 5 nitrogen and oxygen atoms in total. The standard InChI is InChI=1S/C16H14N2O3/c19-15(17-10-12-6-2-1-3-7-12)11-18-13-8-4-5-9-14(13)21-16(18)20/h1-9H,10-11H2,(H,17,19). The zero-order valence-electron chi connectivity index (χ0n) is 11.3. The Kier molecular flexibility index (Phi) is 3.55. The fourth-order valence-corrected chi connectivity index (χ4v) is 2.16. The van der Waals surface area contributed by atoms with Crippen LogP contribution in [0, 0.1) is 0 Å². The first kappa shape index (κ1) is 13.2. The molecule has 1 aromatic heterocycles. The summed E-state index contributed by atoms with van der Waals surface area (Å²) in [5.41, 5.74) is 2.12. The smallest absolute Gasteiger partial charge is 0.408 e. The van der Waals surface area contributed by atoms with Crippen molar-refractivity contribution in [3.63, 3.8) is 0 Å². The fourth-order valence-electron chi connectivity index (χ4n) is 2.16. The zero-order chi connectivity index (χ0) is 14.7. The van der Waals surface area contributed by atoms with Crippen LogP contribution in [0.15, 0.2) is 63.8 Å². The molecule has 0 aliphatic rings. The van der Waals surface area contributed by atoms with E-state index in [1.54, 1.807) is 24.3 Å². The molecular weight excluding hydrogens is 268 g/mol. The number of benzene rings is 2. The highest BCUT2D eigenvalue weighted by molar-refractivity contribution is 5.79. The fraction of sp³-hybridized carbons (Fsp3) is 0.125. The minimum absolute atomic E-state index is 0.0529. The van der Waals surface area contributed by atoms with Crippen molar-refractivity contribution in [2.75, 3.05) is 0 Å². The van der Waals surface area contributed by atoms with Crippen molar-refractivity contribution in [3.8, 4) is 0 Å². The Bertz CT molecular complexity index is 818. The minimum Gasteiger partial charge on any atom is -0.408 e. The molecule has 0 aliphatic heterocycles. The molecule has 0 saturated carbocycles. The number of amides is 1. The molecule has 21 heavy (non-hydrogen) atoms. The number of nitrogens with zero attached hydrogens (tertiary/aromatic N) is 1. The molecule has 3 aromatic rings. The Morgan fingerprint density at radius 2 is 1.76 bits per heavy atom. The molecule has 1 amide bonds. The highest BCUT2D eigenvalue weighted by Gasteiger charge is 2.11. The molecule has 0 fully saturated rings. The van der Waals surface area contributed by atoms with E-state index in [4.69, 9.17) is 4.42 Å². The lowest BCUT2D eigenvalue weighted by molar-refractivity contribution is -0.121. The Hall–Kier alpha value is -2.82. The molecule has 3 rings (SSSR count). The SMILES string of the molecule is O=C(Cn1c(=O)oc2ccccc21)NCc1ccccc1. The Balaban J connectivity index is 1.72. The van der Waals surface area contributed by atoms with Gasteiger partial charge in [-0.15, -0.1) is 0 Å². The lowest BCUT2D eigenvalue weighted by atomic mass is 10.2. The average Bonchev–Trinajstić information content (AvgIpc) is 2.82. The molecule has 0 radical (unpaired) electrons. The van der Waals surface area contributed by atoms with Crippen molar-refractivity contribution in [2.45, 2.75) is 13.1 Å². The van der Waals surface area contributed by atoms with Crippen LogP contribution in [0.1, 0.15) is 5.56 Å². The summed E-state index contributed by atoms with van der Waals surface area (Å²) in [7, 11) is 0. The topological polar surface area (TPSA) is 64.2 Å². The Morgan fingerprint density at radius 3 is 2.57 bits per heavy atom. The van der Waals surface area contributed by atoms with Gasteiger partial charge >= 0.3 is 5.76 Å². The van der Waals surface area contributed by atoms with Gasteiger partial charge < -0.3 is 9.73 Å². The van der Waals surface area contributed by atoms with E-state index in [1.807, 2.05) is 30.3 Å². The molecule has 1 N–H and O–H groups in total. The Labute approximate surface area is 120 Å². The number of fused-ring (bicyclic) bond motifs is 1. The van der Waals surface area contributed by atoms with Crippen LogP contribution in [0.25, 0.3) is 11.1 Å². The maximum Gasteiger partial charge on any atom is 0.420 e. The molecule has 0 bridgehead atoms. The highest BCUT2D eigenvalue weighted by atomic mass is 16.4. The van der Waals surface area contributed by atoms with Gasteiger partial charge in [-0.2, -0.15) is 0 Å². The second kappa shape index (κ2) is 5.66. The van der Waals surface area contributed by atoms with Crippen LogP contribution in [-0.2, 0) is 17.9 Å². The maximum atomic E-state index is 12.0. The van der Waals surface area contributed by atoms with Crippen LogP contribution >= 0.6 is 0 Å². The molecule has 0 atom stereocenters. The van der Waals surface area contributed by atoms with Crippen LogP contribution in [0.2, 0.25) is 0 Å². The summed E-state index contributed by atoms with van der Waals surface area (Å²) in [4.78, 5) is 23.7. The van der Waals surface area contributed by atoms with Crippen LogP contribution in [0.5, 0.6) is 0 Å². The van der Waals surface area contributed by atoms with E-state index in [1.165, 1.54) is 4.57 Å². The number of aromatic nitrogens is 1. The minimum atomic E-state index is -0.522. The van der Waals surface area contributed by atoms with Crippen molar-refractivity contribution >= 4 is 17.0 Å². The number of hydrogen-bond acceptors (Lipinski definition) is 3. The summed E-state index contributed by atoms with van der Waals surface area (Å²) in [6.45, 7) is 0.382. The predicted octanol–water partition coefficient (Wildman–Crippen LogP) is 1.91. The Morgan fingerprint density at radius 1 is 1.05 bits per heavy atom. The van der Waals surface area contributed by atoms with Gasteiger partial charge in [-0.1, -0.05) is 42.5 Å². The molecule has 2 aromatic carbocycles. The monoisotopic (exact) mass is 282 g/mol. The molecule has 1 heterocycles. The number of hydrogen-bond donors (Lipinski definition) is 1. The van der Waals surface area contributed by atoms with Crippen molar-refractivity contribution in [1.29, 1.82) is 0 Å². The van der Waals surface area contributed by atoms with Gasteiger partial charge in [0, 0.05) is 6.54 Å². The van der Waals surface area contributed by atoms with Crippen LogP contribution in [0.4, 0.5) is 0 Å². The van der Waals surface area contributed by atoms with Gasteiger partial charge in [-0.25, -0.2) is 4.79 Å². The number of carbonyl (C=O) groups excluding carboxylic acids is 1. The van der Waals surface area contributed by atoms with Gasteiger partial charge in [-0.05, 0) is 17.7 Å². The zero-order valence-corrected chi connectivity index (χ0v) is 11.3. The first-order valence-corrected chi connectivity index (χ1v) is 6.63. The predicted molar refractivity (Wildman–Crippen MR) is 78.8 cm³/mol. The van der Waals surface area contributed by atoms with Crippen LogP contribution in [-0.4, -0.2) is 10.5 Å². The summed E-state index contributed by atoms with van der Waals surface area (Å²) >= 11 is 0. The van der Waals surface area contributed by atoms with E-state index in [0.717, 1.165) is 5.56 Å². The van der Waals surface area contributed by atoms with E-state index in [-0.39, 0.29) is 12.5 Å². The molecule has 5 heteroatoms. The van der Waals surface area contributed by atoms with E-state index in [2.05, 4.69) is 5.32 Å². The van der Waals surface area contributed by atoms with E-state index in [9.17, 15) is 9.59 Å². The third-order valence-electron chi connectivity index (χ3n) is 3.21.